The van der Waals surface area contributed by atoms with E-state index in [1.54, 1.807) is 0 Å². The van der Waals surface area contributed by atoms with Gasteiger partial charge >= 0.3 is 12.1 Å². The number of hydrogen-bond acceptors (Lipinski definition) is 4. The number of fused-ring (bicyclic) bond motifs is 3. The molecule has 4 aromatic rings. The van der Waals surface area contributed by atoms with E-state index in [-0.39, 0.29) is 18.9 Å². The van der Waals surface area contributed by atoms with Gasteiger partial charge in [-0.25, -0.2) is 14.6 Å². The Morgan fingerprint density at radius 1 is 0.971 bits per heavy atom. The zero-order chi connectivity index (χ0) is 24.4. The average molecular weight is 468 g/mol. The molecular weight excluding hydrogens is 442 g/mol. The summed E-state index contributed by atoms with van der Waals surface area (Å²) in [7, 11) is 0. The molecule has 0 radical (unpaired) electrons. The molecule has 2 N–H and O–H groups in total. The van der Waals surface area contributed by atoms with E-state index in [9.17, 15) is 14.7 Å². The number of rotatable bonds is 7. The van der Waals surface area contributed by atoms with Crippen molar-refractivity contribution in [1.29, 1.82) is 0 Å². The fraction of sp³-hybridized carbons (Fsp3) is 0.179. The Labute approximate surface area is 203 Å². The Morgan fingerprint density at radius 2 is 1.66 bits per heavy atom. The Hall–Kier alpha value is -4.39. The van der Waals surface area contributed by atoms with Crippen LogP contribution in [-0.2, 0) is 16.0 Å². The smallest absolute Gasteiger partial charge is 0.407 e. The molecule has 7 nitrogen and oxygen atoms in total. The summed E-state index contributed by atoms with van der Waals surface area (Å²) in [5.41, 5.74) is 6.03. The predicted octanol–water partition coefficient (Wildman–Crippen LogP) is 4.72. The summed E-state index contributed by atoms with van der Waals surface area (Å²) in [6, 6.07) is 24.3. The Morgan fingerprint density at radius 3 is 2.31 bits per heavy atom. The highest BCUT2D eigenvalue weighted by Crippen LogP contribution is 2.44. The van der Waals surface area contributed by atoms with Gasteiger partial charge in [0.2, 0.25) is 0 Å². The lowest BCUT2D eigenvalue weighted by Crippen LogP contribution is -2.43. The first-order valence-corrected chi connectivity index (χ1v) is 11.5. The van der Waals surface area contributed by atoms with E-state index in [4.69, 9.17) is 4.74 Å². The van der Waals surface area contributed by atoms with Gasteiger partial charge in [0.1, 0.15) is 18.5 Å². The van der Waals surface area contributed by atoms with Crippen molar-refractivity contribution in [2.45, 2.75) is 25.3 Å². The fourth-order valence-electron chi connectivity index (χ4n) is 4.66. The molecule has 0 saturated heterocycles. The van der Waals surface area contributed by atoms with Gasteiger partial charge in [-0.1, -0.05) is 54.6 Å². The molecule has 0 saturated carbocycles. The number of carboxylic acid groups (broad SMARTS) is 1. The van der Waals surface area contributed by atoms with Crippen LogP contribution in [0.15, 0.2) is 85.1 Å². The van der Waals surface area contributed by atoms with Gasteiger partial charge in [0, 0.05) is 29.9 Å². The zero-order valence-corrected chi connectivity index (χ0v) is 19.2. The minimum Gasteiger partial charge on any atom is -0.480 e. The van der Waals surface area contributed by atoms with Crippen molar-refractivity contribution in [3.8, 4) is 16.9 Å². The summed E-state index contributed by atoms with van der Waals surface area (Å²) in [5.74, 6) is -0.542. The molecule has 5 rings (SSSR count). The predicted molar refractivity (Wildman–Crippen MR) is 132 cm³/mol. The zero-order valence-electron chi connectivity index (χ0n) is 19.2. The number of aliphatic carboxylic acids is 1. The second-order valence-corrected chi connectivity index (χ2v) is 8.57. The van der Waals surface area contributed by atoms with Crippen molar-refractivity contribution >= 4 is 12.1 Å². The molecule has 1 atom stereocenters. The molecule has 0 fully saturated rings. The third kappa shape index (κ3) is 4.53. The van der Waals surface area contributed by atoms with Crippen LogP contribution < -0.4 is 5.32 Å². The fourth-order valence-corrected chi connectivity index (χ4v) is 4.66. The van der Waals surface area contributed by atoms with E-state index in [0.29, 0.717) is 5.82 Å². The number of pyridine rings is 1. The van der Waals surface area contributed by atoms with Gasteiger partial charge in [-0.05, 0) is 53.4 Å². The first kappa shape index (κ1) is 22.4. The number of amides is 1. The van der Waals surface area contributed by atoms with Gasteiger partial charge in [-0.2, -0.15) is 0 Å². The summed E-state index contributed by atoms with van der Waals surface area (Å²) in [6.07, 6.45) is 1.15. The molecular formula is C28H25N3O4. The maximum atomic E-state index is 12.7. The summed E-state index contributed by atoms with van der Waals surface area (Å²) < 4.78 is 7.36. The molecule has 35 heavy (non-hydrogen) atoms. The van der Waals surface area contributed by atoms with Crippen molar-refractivity contribution in [2.24, 2.45) is 0 Å². The van der Waals surface area contributed by atoms with Gasteiger partial charge in [-0.15, -0.1) is 0 Å². The van der Waals surface area contributed by atoms with Gasteiger partial charge in [-0.3, -0.25) is 0 Å². The molecule has 7 heteroatoms. The molecule has 176 valence electrons. The normalized spacial score (nSPS) is 13.1. The van der Waals surface area contributed by atoms with Crippen LogP contribution in [0.4, 0.5) is 4.79 Å². The summed E-state index contributed by atoms with van der Waals surface area (Å²) in [4.78, 5) is 29.1. The highest BCUT2D eigenvalue weighted by atomic mass is 16.5. The van der Waals surface area contributed by atoms with E-state index in [1.165, 1.54) is 0 Å². The van der Waals surface area contributed by atoms with Gasteiger partial charge < -0.3 is 19.7 Å². The Kier molecular flexibility index (Phi) is 6.06. The number of carbonyl (C=O) groups excluding carboxylic acids is 1. The van der Waals surface area contributed by atoms with E-state index in [1.807, 2.05) is 84.4 Å². The second kappa shape index (κ2) is 9.46. The number of carbonyl (C=O) groups is 2. The SMILES string of the molecule is Cc1cccc(-n2cccc2CC(NC(=O)OCC2c3ccccc3-c3ccccc32)C(=O)O)n1. The molecule has 1 amide bonds. The quantitative estimate of drug-likeness (QED) is 0.410. The van der Waals surface area contributed by atoms with Gasteiger partial charge in [0.05, 0.1) is 0 Å². The van der Waals surface area contributed by atoms with Gasteiger partial charge in [0.25, 0.3) is 0 Å². The number of aromatic nitrogens is 2. The van der Waals surface area contributed by atoms with Gasteiger partial charge in [0.15, 0.2) is 0 Å². The van der Waals surface area contributed by atoms with Crippen molar-refractivity contribution in [3.05, 3.63) is 108 Å². The highest BCUT2D eigenvalue weighted by Gasteiger charge is 2.30. The minimum atomic E-state index is -1.15. The highest BCUT2D eigenvalue weighted by molar-refractivity contribution is 5.81. The molecule has 1 unspecified atom stereocenters. The summed E-state index contributed by atoms with van der Waals surface area (Å²) in [5, 5.41) is 12.3. The molecule has 1 aliphatic rings. The Bertz CT molecular complexity index is 1350. The summed E-state index contributed by atoms with van der Waals surface area (Å²) in [6.45, 7) is 2.02. The number of hydrogen-bond donors (Lipinski definition) is 2. The van der Waals surface area contributed by atoms with E-state index >= 15 is 0 Å². The maximum absolute atomic E-state index is 12.7. The molecule has 2 aromatic heterocycles. The van der Waals surface area contributed by atoms with Crippen LogP contribution >= 0.6 is 0 Å². The van der Waals surface area contributed by atoms with E-state index < -0.39 is 18.1 Å². The van der Waals surface area contributed by atoms with Crippen molar-refractivity contribution in [1.82, 2.24) is 14.9 Å². The number of nitrogens with zero attached hydrogens (tertiary/aromatic N) is 2. The third-order valence-corrected chi connectivity index (χ3v) is 6.30. The molecule has 2 heterocycles. The number of nitrogens with one attached hydrogen (secondary N) is 1. The van der Waals surface area contributed by atoms with Crippen LogP contribution in [0.2, 0.25) is 0 Å². The lowest BCUT2D eigenvalue weighted by atomic mass is 9.98. The van der Waals surface area contributed by atoms with Crippen LogP contribution in [0.25, 0.3) is 16.9 Å². The minimum absolute atomic E-state index is 0.0855. The number of carboxylic acids is 1. The lowest BCUT2D eigenvalue weighted by molar-refractivity contribution is -0.139. The third-order valence-electron chi connectivity index (χ3n) is 6.30. The number of alkyl carbamates (subject to hydrolysis) is 1. The standard InChI is InChI=1S/C28H25N3O4/c1-18-8-6-14-26(29-18)31-15-7-9-19(31)16-25(27(32)33)30-28(34)35-17-24-22-12-4-2-10-20(22)21-11-3-5-13-23(21)24/h2-15,24-25H,16-17H2,1H3,(H,30,34)(H,32,33). The van der Waals surface area contributed by atoms with Crippen LogP contribution in [0.3, 0.4) is 0 Å². The number of aryl methyl sites for hydroxylation is 1. The Balaban J connectivity index is 1.28. The molecule has 0 bridgehead atoms. The van der Waals surface area contributed by atoms with E-state index in [0.717, 1.165) is 33.6 Å². The molecule has 0 aliphatic heterocycles. The number of benzene rings is 2. The monoisotopic (exact) mass is 467 g/mol. The first-order chi connectivity index (χ1) is 17.0. The molecule has 2 aromatic carbocycles. The largest absolute Gasteiger partial charge is 0.480 e. The van der Waals surface area contributed by atoms with Crippen molar-refractivity contribution < 1.29 is 19.4 Å². The van der Waals surface area contributed by atoms with Crippen LogP contribution in [0.1, 0.15) is 28.4 Å². The average Bonchev–Trinajstić information content (AvgIpc) is 3.45. The van der Waals surface area contributed by atoms with Crippen molar-refractivity contribution in [3.63, 3.8) is 0 Å². The molecule has 1 aliphatic carbocycles. The second-order valence-electron chi connectivity index (χ2n) is 8.57. The van der Waals surface area contributed by atoms with Crippen LogP contribution in [-0.4, -0.2) is 39.4 Å². The first-order valence-electron chi connectivity index (χ1n) is 11.5. The van der Waals surface area contributed by atoms with Crippen LogP contribution in [0.5, 0.6) is 0 Å². The number of ether oxygens (including phenoxy) is 1. The maximum Gasteiger partial charge on any atom is 0.407 e. The molecule has 0 spiro atoms. The topological polar surface area (TPSA) is 93.5 Å². The summed E-state index contributed by atoms with van der Waals surface area (Å²) >= 11 is 0. The van der Waals surface area contributed by atoms with Crippen LogP contribution in [0, 0.1) is 6.92 Å². The van der Waals surface area contributed by atoms with E-state index in [2.05, 4.69) is 22.4 Å². The lowest BCUT2D eigenvalue weighted by Gasteiger charge is -2.18. The van der Waals surface area contributed by atoms with Crippen molar-refractivity contribution in [2.75, 3.05) is 6.61 Å².